The highest BCUT2D eigenvalue weighted by Gasteiger charge is 2.44. The highest BCUT2D eigenvalue weighted by molar-refractivity contribution is 5.91. The van der Waals surface area contributed by atoms with Gasteiger partial charge in [0, 0.05) is 12.3 Å². The Morgan fingerprint density at radius 1 is 0.918 bits per heavy atom. The van der Waals surface area contributed by atoms with Gasteiger partial charge in [-0.05, 0) is 19.3 Å². The molecule has 1 fully saturated rings. The molecular formula is C31H53N5O13. The normalized spacial score (nSPS) is 22.1. The minimum Gasteiger partial charge on any atom is -0.481 e. The van der Waals surface area contributed by atoms with E-state index < -0.39 is 73.7 Å². The molecule has 280 valence electrons. The number of nitrogens with zero attached hydrogens (tertiary/aromatic N) is 3. The molecule has 0 radical (unpaired) electrons. The fourth-order valence-electron chi connectivity index (χ4n) is 5.22. The van der Waals surface area contributed by atoms with E-state index in [-0.39, 0.29) is 44.6 Å². The maximum Gasteiger partial charge on any atom is 0.326 e. The molecule has 18 nitrogen and oxygen atoms in total. The van der Waals surface area contributed by atoms with Crippen molar-refractivity contribution >= 4 is 23.8 Å². The molecule has 2 amide bonds. The predicted molar refractivity (Wildman–Crippen MR) is 170 cm³/mol. The standard InChI is InChI=1S/C31H53N5O13/c1-3-5-7-9-19(10-8-6-4-2)28(43)33-22(29(44)32-21(30(45)46)11-12-24(38)39)18-47-17-20-15-36(35-34-20)13-14-48-31-27(42)26(41)25(40)23(16-37)49-31/h15,19,21-23,25-27,31,37,40-42H,3-14,16-18H2,1-2H3,(H,32,44)(H,33,43)(H,38,39)(H,45,46)/t21-,22+,23?,25-,26+,27?,31-/m1/s1. The van der Waals surface area contributed by atoms with Crippen LogP contribution in [0.1, 0.15) is 83.7 Å². The van der Waals surface area contributed by atoms with Gasteiger partial charge in [0.05, 0.1) is 39.2 Å². The van der Waals surface area contributed by atoms with Gasteiger partial charge in [0.15, 0.2) is 6.29 Å². The van der Waals surface area contributed by atoms with Gasteiger partial charge in [-0.2, -0.15) is 0 Å². The van der Waals surface area contributed by atoms with E-state index in [1.54, 1.807) is 0 Å². The third-order valence-electron chi connectivity index (χ3n) is 8.15. The summed E-state index contributed by atoms with van der Waals surface area (Å²) in [6.07, 6.45) is 0.465. The van der Waals surface area contributed by atoms with Crippen molar-refractivity contribution < 1.29 is 64.0 Å². The first kappa shape index (κ1) is 41.9. The van der Waals surface area contributed by atoms with Crippen molar-refractivity contribution in [1.29, 1.82) is 0 Å². The minimum absolute atomic E-state index is 0.0507. The summed E-state index contributed by atoms with van der Waals surface area (Å²) < 4.78 is 17.9. The van der Waals surface area contributed by atoms with E-state index in [1.165, 1.54) is 10.9 Å². The van der Waals surface area contributed by atoms with Crippen molar-refractivity contribution in [1.82, 2.24) is 25.6 Å². The van der Waals surface area contributed by atoms with Gasteiger partial charge in [-0.15, -0.1) is 5.10 Å². The second-order valence-electron chi connectivity index (χ2n) is 12.1. The SMILES string of the molecule is CCCCCC(CCCCC)C(=O)N[C@@H](COCc1cn(CCO[C@@H]2OC(CO)[C@@H](O)[C@H](O)C2O)nn1)C(=O)N[C@H](CCC(=O)O)C(=O)O. The monoisotopic (exact) mass is 703 g/mol. The molecule has 1 aromatic rings. The maximum atomic E-state index is 13.4. The molecule has 8 N–H and O–H groups in total. The van der Waals surface area contributed by atoms with E-state index in [1.807, 2.05) is 0 Å². The molecule has 18 heteroatoms. The van der Waals surface area contributed by atoms with Gasteiger partial charge in [0.25, 0.3) is 0 Å². The molecule has 2 heterocycles. The second-order valence-corrected chi connectivity index (χ2v) is 12.1. The van der Waals surface area contributed by atoms with Gasteiger partial charge < -0.3 is 55.5 Å². The minimum atomic E-state index is -1.57. The first-order valence-electron chi connectivity index (χ1n) is 16.9. The van der Waals surface area contributed by atoms with Crippen LogP contribution >= 0.6 is 0 Å². The predicted octanol–water partition coefficient (Wildman–Crippen LogP) is -0.693. The fraction of sp³-hybridized carbons (Fsp3) is 0.806. The zero-order valence-electron chi connectivity index (χ0n) is 28.2. The molecule has 7 atom stereocenters. The summed E-state index contributed by atoms with van der Waals surface area (Å²) in [5.74, 6) is -4.16. The van der Waals surface area contributed by atoms with Crippen LogP contribution in [0.4, 0.5) is 0 Å². The molecule has 0 spiro atoms. The number of aliphatic hydroxyl groups excluding tert-OH is 4. The lowest BCUT2D eigenvalue weighted by Crippen LogP contribution is -2.59. The number of rotatable bonds is 25. The van der Waals surface area contributed by atoms with Gasteiger partial charge in [-0.25, -0.2) is 9.48 Å². The molecule has 0 aliphatic carbocycles. The number of hydrogen-bond donors (Lipinski definition) is 8. The van der Waals surface area contributed by atoms with Crippen LogP contribution in [0.25, 0.3) is 0 Å². The number of carboxylic acids is 2. The summed E-state index contributed by atoms with van der Waals surface area (Å²) in [6.45, 7) is 3.14. The van der Waals surface area contributed by atoms with Crippen molar-refractivity contribution in [2.45, 2.75) is 134 Å². The fourth-order valence-corrected chi connectivity index (χ4v) is 5.22. The summed E-state index contributed by atoms with van der Waals surface area (Å²) in [6, 6.07) is -2.76. The van der Waals surface area contributed by atoms with Crippen LogP contribution in [0.5, 0.6) is 0 Å². The Hall–Kier alpha value is -3.26. The largest absolute Gasteiger partial charge is 0.481 e. The molecule has 1 saturated heterocycles. The number of ether oxygens (including phenoxy) is 3. The molecule has 2 rings (SSSR count). The Morgan fingerprint density at radius 3 is 2.16 bits per heavy atom. The summed E-state index contributed by atoms with van der Waals surface area (Å²) in [5, 5.41) is 70.8. The summed E-state index contributed by atoms with van der Waals surface area (Å²) in [5.41, 5.74) is 0.347. The Kier molecular flexibility index (Phi) is 19.2. The Labute approximate surface area is 285 Å². The molecule has 1 aliphatic heterocycles. The number of unbranched alkanes of at least 4 members (excludes halogenated alkanes) is 4. The molecular weight excluding hydrogens is 650 g/mol. The number of carboxylic acid groups (broad SMARTS) is 2. The second kappa shape index (κ2) is 22.5. The van der Waals surface area contributed by atoms with E-state index in [9.17, 15) is 44.7 Å². The third-order valence-corrected chi connectivity index (χ3v) is 8.15. The Morgan fingerprint density at radius 2 is 1.57 bits per heavy atom. The highest BCUT2D eigenvalue weighted by atomic mass is 16.7. The number of carbonyl (C=O) groups is 4. The molecule has 2 unspecified atom stereocenters. The van der Waals surface area contributed by atoms with E-state index in [2.05, 4.69) is 34.8 Å². The number of aromatic nitrogens is 3. The number of aliphatic carboxylic acids is 2. The zero-order valence-corrected chi connectivity index (χ0v) is 28.2. The van der Waals surface area contributed by atoms with Gasteiger partial charge in [0.2, 0.25) is 11.8 Å². The molecule has 49 heavy (non-hydrogen) atoms. The molecule has 1 aromatic heterocycles. The van der Waals surface area contributed by atoms with Crippen LogP contribution in [0.15, 0.2) is 6.20 Å². The highest BCUT2D eigenvalue weighted by Crippen LogP contribution is 2.22. The zero-order chi connectivity index (χ0) is 36.3. The number of aliphatic hydroxyl groups is 4. The van der Waals surface area contributed by atoms with Crippen LogP contribution < -0.4 is 10.6 Å². The van der Waals surface area contributed by atoms with Crippen molar-refractivity contribution in [2.24, 2.45) is 5.92 Å². The smallest absolute Gasteiger partial charge is 0.326 e. The summed E-state index contributed by atoms with van der Waals surface area (Å²) in [4.78, 5) is 49.4. The van der Waals surface area contributed by atoms with Crippen molar-refractivity contribution in [3.8, 4) is 0 Å². The van der Waals surface area contributed by atoms with E-state index in [0.717, 1.165) is 38.5 Å². The maximum absolute atomic E-state index is 13.4. The van der Waals surface area contributed by atoms with Crippen molar-refractivity contribution in [2.75, 3.05) is 19.8 Å². The van der Waals surface area contributed by atoms with Crippen LogP contribution in [-0.4, -0.2) is 132 Å². The van der Waals surface area contributed by atoms with Crippen LogP contribution in [0.3, 0.4) is 0 Å². The summed E-state index contributed by atoms with van der Waals surface area (Å²) in [7, 11) is 0. The first-order chi connectivity index (χ1) is 23.4. The Bertz CT molecular complexity index is 1140. The lowest BCUT2D eigenvalue weighted by molar-refractivity contribution is -0.301. The van der Waals surface area contributed by atoms with E-state index in [0.29, 0.717) is 18.5 Å². The number of hydrogen-bond acceptors (Lipinski definition) is 13. The third kappa shape index (κ3) is 14.6. The number of carbonyl (C=O) groups excluding carboxylic acids is 2. The quantitative estimate of drug-likeness (QED) is 0.0585. The average molecular weight is 704 g/mol. The van der Waals surface area contributed by atoms with Crippen LogP contribution in [0, 0.1) is 5.92 Å². The van der Waals surface area contributed by atoms with Crippen molar-refractivity contribution in [3.63, 3.8) is 0 Å². The van der Waals surface area contributed by atoms with Crippen molar-refractivity contribution in [3.05, 3.63) is 11.9 Å². The van der Waals surface area contributed by atoms with E-state index >= 15 is 0 Å². The molecule has 0 bridgehead atoms. The lowest BCUT2D eigenvalue weighted by atomic mass is 9.94. The topological polar surface area (TPSA) is 272 Å². The lowest BCUT2D eigenvalue weighted by Gasteiger charge is -2.39. The molecule has 0 saturated carbocycles. The summed E-state index contributed by atoms with van der Waals surface area (Å²) >= 11 is 0. The first-order valence-corrected chi connectivity index (χ1v) is 16.9. The number of nitrogens with one attached hydrogen (secondary N) is 2. The average Bonchev–Trinajstić information content (AvgIpc) is 3.52. The van der Waals surface area contributed by atoms with Crippen LogP contribution in [-0.2, 0) is 46.5 Å². The van der Waals surface area contributed by atoms with Gasteiger partial charge >= 0.3 is 11.9 Å². The van der Waals surface area contributed by atoms with E-state index in [4.69, 9.17) is 19.3 Å². The Balaban J connectivity index is 2.03. The van der Waals surface area contributed by atoms with Gasteiger partial charge in [0.1, 0.15) is 42.2 Å². The number of amides is 2. The molecule has 1 aliphatic rings. The van der Waals surface area contributed by atoms with Gasteiger partial charge in [-0.3, -0.25) is 14.4 Å². The van der Waals surface area contributed by atoms with Gasteiger partial charge in [-0.1, -0.05) is 57.6 Å². The van der Waals surface area contributed by atoms with Crippen LogP contribution in [0.2, 0.25) is 0 Å². The molecule has 0 aromatic carbocycles.